The lowest BCUT2D eigenvalue weighted by Gasteiger charge is -2.20. The van der Waals surface area contributed by atoms with E-state index in [0.717, 1.165) is 11.3 Å². The van der Waals surface area contributed by atoms with Crippen LogP contribution in [0.4, 0.5) is 17.5 Å². The Morgan fingerprint density at radius 2 is 2.07 bits per heavy atom. The topological polar surface area (TPSA) is 117 Å². The predicted molar refractivity (Wildman–Crippen MR) is 106 cm³/mol. The van der Waals surface area contributed by atoms with Gasteiger partial charge in [-0.2, -0.15) is 10.1 Å². The number of nitrogens with one attached hydrogen (secondary N) is 3. The molecule has 0 aliphatic rings. The van der Waals surface area contributed by atoms with E-state index in [1.807, 2.05) is 30.3 Å². The third-order valence-corrected chi connectivity index (χ3v) is 4.07. The van der Waals surface area contributed by atoms with Crippen LogP contribution in [0.2, 0.25) is 5.02 Å². The summed E-state index contributed by atoms with van der Waals surface area (Å²) < 4.78 is 1.65. The molecule has 10 heteroatoms. The van der Waals surface area contributed by atoms with Crippen LogP contribution in [0.25, 0.3) is 0 Å². The molecule has 9 nitrogen and oxygen atoms in total. The third kappa shape index (κ3) is 4.96. The summed E-state index contributed by atoms with van der Waals surface area (Å²) in [6.07, 6.45) is 4.86. The fourth-order valence-corrected chi connectivity index (χ4v) is 2.65. The molecule has 2 heterocycles. The minimum Gasteiger partial charge on any atom is -0.395 e. The van der Waals surface area contributed by atoms with Crippen LogP contribution in [-0.2, 0) is 11.8 Å². The van der Waals surface area contributed by atoms with Crippen molar-refractivity contribution in [3.05, 3.63) is 59.5 Å². The van der Waals surface area contributed by atoms with E-state index in [0.29, 0.717) is 11.8 Å². The van der Waals surface area contributed by atoms with Gasteiger partial charge >= 0.3 is 0 Å². The summed E-state index contributed by atoms with van der Waals surface area (Å²) in [5, 5.41) is 22.1. The van der Waals surface area contributed by atoms with Gasteiger partial charge in [0.2, 0.25) is 11.9 Å². The zero-order valence-corrected chi connectivity index (χ0v) is 15.9. The molecule has 0 saturated heterocycles. The minimum absolute atomic E-state index is 0.148. The Hall–Kier alpha value is -3.17. The number of aromatic nitrogens is 4. The highest BCUT2D eigenvalue weighted by Crippen LogP contribution is 2.26. The molecule has 0 bridgehead atoms. The number of anilines is 3. The summed E-state index contributed by atoms with van der Waals surface area (Å²) in [6, 6.07) is 8.42. The van der Waals surface area contributed by atoms with E-state index in [1.165, 1.54) is 6.20 Å². The molecule has 0 fully saturated rings. The Bertz CT molecular complexity index is 933. The molecule has 3 rings (SSSR count). The number of aliphatic hydroxyl groups excluding tert-OH is 1. The van der Waals surface area contributed by atoms with Gasteiger partial charge in [-0.3, -0.25) is 9.48 Å². The van der Waals surface area contributed by atoms with Gasteiger partial charge in [0.05, 0.1) is 24.7 Å². The van der Waals surface area contributed by atoms with E-state index in [-0.39, 0.29) is 24.1 Å². The Morgan fingerprint density at radius 3 is 2.75 bits per heavy atom. The minimum atomic E-state index is -0.744. The van der Waals surface area contributed by atoms with E-state index in [4.69, 9.17) is 16.7 Å². The second-order valence-electron chi connectivity index (χ2n) is 5.92. The lowest BCUT2D eigenvalue weighted by atomic mass is 10.1. The fourth-order valence-electron chi connectivity index (χ4n) is 2.51. The first-order valence-corrected chi connectivity index (χ1v) is 8.93. The molecule has 146 valence electrons. The van der Waals surface area contributed by atoms with Crippen molar-refractivity contribution >= 4 is 35.0 Å². The van der Waals surface area contributed by atoms with E-state index in [2.05, 4.69) is 31.0 Å². The maximum atomic E-state index is 12.6. The second kappa shape index (κ2) is 9.16. The maximum absolute atomic E-state index is 12.6. The van der Waals surface area contributed by atoms with Gasteiger partial charge in [-0.05, 0) is 5.56 Å². The molecule has 0 saturated carbocycles. The van der Waals surface area contributed by atoms with Gasteiger partial charge in [0.1, 0.15) is 11.1 Å². The summed E-state index contributed by atoms with van der Waals surface area (Å²) in [7, 11) is 1.80. The highest BCUT2D eigenvalue weighted by Gasteiger charge is 2.22. The van der Waals surface area contributed by atoms with Crippen molar-refractivity contribution < 1.29 is 9.90 Å². The summed E-state index contributed by atoms with van der Waals surface area (Å²) in [6.45, 7) is -0.00411. The van der Waals surface area contributed by atoms with Crippen molar-refractivity contribution in [2.24, 2.45) is 7.05 Å². The maximum Gasteiger partial charge on any atom is 0.247 e. The van der Waals surface area contributed by atoms with Gasteiger partial charge in [-0.25, -0.2) is 4.98 Å². The SMILES string of the molecule is Cn1cc(Nc2ncc(Cl)c(NC(C(=O)NCCO)c3ccccc3)n2)cn1. The first kappa shape index (κ1) is 19.6. The lowest BCUT2D eigenvalue weighted by Crippen LogP contribution is -2.35. The molecule has 3 aromatic rings. The molecule has 0 aliphatic carbocycles. The number of aliphatic hydroxyl groups is 1. The van der Waals surface area contributed by atoms with Gasteiger partial charge in [-0.1, -0.05) is 41.9 Å². The van der Waals surface area contributed by atoms with Crippen LogP contribution < -0.4 is 16.0 Å². The molecule has 0 radical (unpaired) electrons. The second-order valence-corrected chi connectivity index (χ2v) is 6.33. The van der Waals surface area contributed by atoms with Crippen LogP contribution in [0, 0.1) is 0 Å². The van der Waals surface area contributed by atoms with Gasteiger partial charge in [0.15, 0.2) is 5.82 Å². The summed E-state index contributed by atoms with van der Waals surface area (Å²) in [4.78, 5) is 21.1. The molecule has 0 spiro atoms. The molecule has 4 N–H and O–H groups in total. The molecular weight excluding hydrogens is 382 g/mol. The largest absolute Gasteiger partial charge is 0.395 e. The highest BCUT2D eigenvalue weighted by molar-refractivity contribution is 6.32. The third-order valence-electron chi connectivity index (χ3n) is 3.79. The zero-order chi connectivity index (χ0) is 19.9. The van der Waals surface area contributed by atoms with Crippen LogP contribution in [0.3, 0.4) is 0 Å². The average molecular weight is 402 g/mol. The van der Waals surface area contributed by atoms with E-state index >= 15 is 0 Å². The molecule has 1 amide bonds. The normalized spacial score (nSPS) is 11.7. The van der Waals surface area contributed by atoms with Gasteiger partial charge < -0.3 is 21.1 Å². The molecule has 1 unspecified atom stereocenters. The first-order chi connectivity index (χ1) is 13.6. The van der Waals surface area contributed by atoms with Crippen molar-refractivity contribution in [3.63, 3.8) is 0 Å². The number of hydrogen-bond donors (Lipinski definition) is 4. The standard InChI is InChI=1S/C18H20ClN7O2/c1-26-11-13(9-22-26)23-18-21-10-14(19)16(25-18)24-15(17(28)20-7-8-27)12-5-3-2-4-6-12/h2-6,9-11,15,27H,7-8H2,1H3,(H,20,28)(H2,21,23,24,25). The Labute approximate surface area is 166 Å². The van der Waals surface area contributed by atoms with Crippen molar-refractivity contribution in [1.82, 2.24) is 25.1 Å². The van der Waals surface area contributed by atoms with Gasteiger partial charge in [-0.15, -0.1) is 0 Å². The zero-order valence-electron chi connectivity index (χ0n) is 15.1. The molecular formula is C18H20ClN7O2. The van der Waals surface area contributed by atoms with Crippen molar-refractivity contribution in [2.45, 2.75) is 6.04 Å². The van der Waals surface area contributed by atoms with Crippen LogP contribution in [0.5, 0.6) is 0 Å². The Balaban J connectivity index is 1.85. The first-order valence-electron chi connectivity index (χ1n) is 8.55. The van der Waals surface area contributed by atoms with Crippen LogP contribution >= 0.6 is 11.6 Å². The van der Waals surface area contributed by atoms with Crippen molar-refractivity contribution in [3.8, 4) is 0 Å². The Morgan fingerprint density at radius 1 is 1.29 bits per heavy atom. The molecule has 1 atom stereocenters. The summed E-state index contributed by atoms with van der Waals surface area (Å²) in [5.74, 6) is 0.301. The summed E-state index contributed by atoms with van der Waals surface area (Å²) >= 11 is 6.24. The number of benzene rings is 1. The summed E-state index contributed by atoms with van der Waals surface area (Å²) in [5.41, 5.74) is 1.45. The number of carbonyl (C=O) groups excluding carboxylic acids is 1. The van der Waals surface area contributed by atoms with Crippen molar-refractivity contribution in [2.75, 3.05) is 23.8 Å². The van der Waals surface area contributed by atoms with Crippen LogP contribution in [0.15, 0.2) is 48.9 Å². The monoisotopic (exact) mass is 401 g/mol. The fraction of sp³-hybridized carbons (Fsp3) is 0.222. The smallest absolute Gasteiger partial charge is 0.247 e. The van der Waals surface area contributed by atoms with Gasteiger partial charge in [0.25, 0.3) is 0 Å². The quantitative estimate of drug-likeness (QED) is 0.455. The lowest BCUT2D eigenvalue weighted by molar-refractivity contribution is -0.122. The number of amides is 1. The molecule has 0 aliphatic heterocycles. The number of halogens is 1. The van der Waals surface area contributed by atoms with Crippen molar-refractivity contribution in [1.29, 1.82) is 0 Å². The highest BCUT2D eigenvalue weighted by atomic mass is 35.5. The predicted octanol–water partition coefficient (Wildman–Crippen LogP) is 1.87. The van der Waals surface area contributed by atoms with E-state index in [1.54, 1.807) is 24.1 Å². The van der Waals surface area contributed by atoms with Gasteiger partial charge in [0, 0.05) is 19.8 Å². The Kier molecular flexibility index (Phi) is 6.41. The van der Waals surface area contributed by atoms with E-state index < -0.39 is 6.04 Å². The number of carbonyl (C=O) groups is 1. The molecule has 28 heavy (non-hydrogen) atoms. The van der Waals surface area contributed by atoms with Crippen LogP contribution in [0.1, 0.15) is 11.6 Å². The van der Waals surface area contributed by atoms with Crippen LogP contribution in [-0.4, -0.2) is 43.9 Å². The molecule has 1 aromatic carbocycles. The average Bonchev–Trinajstić information content (AvgIpc) is 3.11. The van der Waals surface area contributed by atoms with E-state index in [9.17, 15) is 4.79 Å². The number of nitrogens with zero attached hydrogens (tertiary/aromatic N) is 4. The number of aryl methyl sites for hydroxylation is 1. The number of rotatable bonds is 8. The number of hydrogen-bond acceptors (Lipinski definition) is 7. The molecule has 2 aromatic heterocycles.